The summed E-state index contributed by atoms with van der Waals surface area (Å²) in [5.41, 5.74) is 0. The van der Waals surface area contributed by atoms with Crippen molar-refractivity contribution in [2.45, 2.75) is 12.5 Å². The molecule has 1 aliphatic heterocycles. The lowest BCUT2D eigenvalue weighted by Gasteiger charge is -2.25. The third-order valence-electron chi connectivity index (χ3n) is 1.15. The Morgan fingerprint density at radius 1 is 1.83 bits per heavy atom. The zero-order chi connectivity index (χ0) is 4.41. The Morgan fingerprint density at radius 2 is 2.50 bits per heavy atom. The molecule has 1 fully saturated rings. The molecule has 0 aromatic rings. The van der Waals surface area contributed by atoms with Crippen LogP contribution in [-0.2, 0) is 0 Å². The standard InChI is InChI=1S/C4H9NS/c6-3-4-1-2-5-4/h4-6H,1-3H2/t4-/m0/s1. The molecule has 0 bridgehead atoms. The Labute approximate surface area is 43.5 Å². The third-order valence-corrected chi connectivity index (χ3v) is 1.59. The maximum Gasteiger partial charge on any atom is 0.0167 e. The Balaban J connectivity index is 2.01. The Kier molecular flexibility index (Phi) is 1.37. The second-order valence-corrected chi connectivity index (χ2v) is 1.99. The van der Waals surface area contributed by atoms with Gasteiger partial charge in [-0.15, -0.1) is 0 Å². The van der Waals surface area contributed by atoms with Crippen LogP contribution in [-0.4, -0.2) is 18.3 Å². The summed E-state index contributed by atoms with van der Waals surface area (Å²) in [6.07, 6.45) is 1.32. The van der Waals surface area contributed by atoms with Crippen LogP contribution in [0.25, 0.3) is 0 Å². The van der Waals surface area contributed by atoms with E-state index in [1.807, 2.05) is 0 Å². The third kappa shape index (κ3) is 0.684. The van der Waals surface area contributed by atoms with Crippen molar-refractivity contribution in [2.75, 3.05) is 12.3 Å². The minimum absolute atomic E-state index is 0.730. The molecule has 1 atom stereocenters. The van der Waals surface area contributed by atoms with E-state index >= 15 is 0 Å². The van der Waals surface area contributed by atoms with Gasteiger partial charge in [0, 0.05) is 11.8 Å². The van der Waals surface area contributed by atoms with E-state index in [9.17, 15) is 0 Å². The predicted octanol–water partition coefficient (Wildman–Crippen LogP) is 0.278. The van der Waals surface area contributed by atoms with Crippen LogP contribution in [0, 0.1) is 0 Å². The van der Waals surface area contributed by atoms with Gasteiger partial charge in [-0.05, 0) is 13.0 Å². The van der Waals surface area contributed by atoms with Crippen LogP contribution in [0.3, 0.4) is 0 Å². The molecule has 1 N–H and O–H groups in total. The molecule has 0 radical (unpaired) electrons. The van der Waals surface area contributed by atoms with Gasteiger partial charge in [-0.3, -0.25) is 0 Å². The van der Waals surface area contributed by atoms with Crippen LogP contribution in [0.2, 0.25) is 0 Å². The number of thiol groups is 1. The first-order valence-electron chi connectivity index (χ1n) is 2.27. The molecule has 0 aliphatic carbocycles. The molecule has 0 unspecified atom stereocenters. The highest BCUT2D eigenvalue weighted by molar-refractivity contribution is 7.80. The molecule has 2 heteroatoms. The van der Waals surface area contributed by atoms with E-state index in [4.69, 9.17) is 0 Å². The van der Waals surface area contributed by atoms with Crippen molar-refractivity contribution in [1.82, 2.24) is 5.32 Å². The average Bonchev–Trinajstić information content (AvgIpc) is 1.31. The molecule has 1 rings (SSSR count). The van der Waals surface area contributed by atoms with E-state index in [2.05, 4.69) is 17.9 Å². The van der Waals surface area contributed by atoms with E-state index in [1.165, 1.54) is 13.0 Å². The monoisotopic (exact) mass is 103 g/mol. The summed E-state index contributed by atoms with van der Waals surface area (Å²) >= 11 is 4.08. The quantitative estimate of drug-likeness (QED) is 0.454. The molecule has 6 heavy (non-hydrogen) atoms. The number of rotatable bonds is 1. The Bertz CT molecular complexity index is 40.1. The normalized spacial score (nSPS) is 32.5. The minimum atomic E-state index is 0.730. The van der Waals surface area contributed by atoms with Crippen LogP contribution in [0.1, 0.15) is 6.42 Å². The fraction of sp³-hybridized carbons (Fsp3) is 1.00. The summed E-state index contributed by atoms with van der Waals surface area (Å²) in [5, 5.41) is 3.22. The molecule has 0 aromatic heterocycles. The largest absolute Gasteiger partial charge is 0.313 e. The van der Waals surface area contributed by atoms with Crippen LogP contribution >= 0.6 is 12.6 Å². The van der Waals surface area contributed by atoms with Crippen molar-refractivity contribution in [1.29, 1.82) is 0 Å². The van der Waals surface area contributed by atoms with Crippen LogP contribution in [0.4, 0.5) is 0 Å². The SMILES string of the molecule is SC[C@@H]1CCN1. The first-order valence-corrected chi connectivity index (χ1v) is 2.91. The van der Waals surface area contributed by atoms with Crippen molar-refractivity contribution in [2.24, 2.45) is 0 Å². The van der Waals surface area contributed by atoms with Gasteiger partial charge in [-0.2, -0.15) is 12.6 Å². The molecule has 1 nitrogen and oxygen atoms in total. The van der Waals surface area contributed by atoms with Gasteiger partial charge in [0.2, 0.25) is 0 Å². The molecule has 1 heterocycles. The van der Waals surface area contributed by atoms with Crippen molar-refractivity contribution in [3.8, 4) is 0 Å². The summed E-state index contributed by atoms with van der Waals surface area (Å²) in [7, 11) is 0. The zero-order valence-corrected chi connectivity index (χ0v) is 4.54. The van der Waals surface area contributed by atoms with Crippen molar-refractivity contribution >= 4 is 12.6 Å². The maximum atomic E-state index is 4.08. The highest BCUT2D eigenvalue weighted by atomic mass is 32.1. The van der Waals surface area contributed by atoms with Crippen LogP contribution in [0.15, 0.2) is 0 Å². The number of nitrogens with one attached hydrogen (secondary N) is 1. The second-order valence-electron chi connectivity index (χ2n) is 1.62. The fourth-order valence-electron chi connectivity index (χ4n) is 0.504. The molecule has 0 saturated carbocycles. The molecule has 0 spiro atoms. The van der Waals surface area contributed by atoms with Crippen LogP contribution < -0.4 is 5.32 Å². The summed E-state index contributed by atoms with van der Waals surface area (Å²) in [6.45, 7) is 1.20. The van der Waals surface area contributed by atoms with Gasteiger partial charge in [-0.1, -0.05) is 0 Å². The minimum Gasteiger partial charge on any atom is -0.313 e. The lowest BCUT2D eigenvalue weighted by atomic mass is 10.1. The van der Waals surface area contributed by atoms with Gasteiger partial charge in [0.05, 0.1) is 0 Å². The molecular formula is C4H9NS. The van der Waals surface area contributed by atoms with Crippen molar-refractivity contribution in [3.05, 3.63) is 0 Å². The summed E-state index contributed by atoms with van der Waals surface area (Å²) in [5.74, 6) is 1.00. The van der Waals surface area contributed by atoms with Crippen molar-refractivity contribution < 1.29 is 0 Å². The number of hydrogen-bond donors (Lipinski definition) is 2. The molecular weight excluding hydrogens is 94.1 g/mol. The Morgan fingerprint density at radius 3 is 2.50 bits per heavy atom. The summed E-state index contributed by atoms with van der Waals surface area (Å²) < 4.78 is 0. The van der Waals surface area contributed by atoms with E-state index in [1.54, 1.807) is 0 Å². The van der Waals surface area contributed by atoms with E-state index in [0.717, 1.165) is 11.8 Å². The highest BCUT2D eigenvalue weighted by Crippen LogP contribution is 2.01. The van der Waals surface area contributed by atoms with E-state index in [-0.39, 0.29) is 0 Å². The van der Waals surface area contributed by atoms with Gasteiger partial charge in [0.1, 0.15) is 0 Å². The maximum absolute atomic E-state index is 4.08. The molecule has 36 valence electrons. The summed E-state index contributed by atoms with van der Waals surface area (Å²) in [6, 6.07) is 0.730. The van der Waals surface area contributed by atoms with Gasteiger partial charge in [0.25, 0.3) is 0 Å². The lowest BCUT2D eigenvalue weighted by molar-refractivity contribution is 0.406. The first-order chi connectivity index (χ1) is 2.93. The second kappa shape index (κ2) is 1.85. The molecule has 0 aromatic carbocycles. The smallest absolute Gasteiger partial charge is 0.0167 e. The summed E-state index contributed by atoms with van der Waals surface area (Å²) in [4.78, 5) is 0. The first kappa shape index (κ1) is 4.47. The topological polar surface area (TPSA) is 12.0 Å². The zero-order valence-electron chi connectivity index (χ0n) is 3.65. The van der Waals surface area contributed by atoms with E-state index in [0.29, 0.717) is 0 Å². The van der Waals surface area contributed by atoms with Gasteiger partial charge >= 0.3 is 0 Å². The number of hydrogen-bond acceptors (Lipinski definition) is 2. The predicted molar refractivity (Wildman–Crippen MR) is 30.3 cm³/mol. The molecule has 0 amide bonds. The van der Waals surface area contributed by atoms with Gasteiger partial charge in [0.15, 0.2) is 0 Å². The van der Waals surface area contributed by atoms with Crippen LogP contribution in [0.5, 0.6) is 0 Å². The molecule has 1 aliphatic rings. The fourth-order valence-corrected chi connectivity index (χ4v) is 0.816. The average molecular weight is 103 g/mol. The van der Waals surface area contributed by atoms with E-state index < -0.39 is 0 Å². The Hall–Kier alpha value is 0.310. The lowest BCUT2D eigenvalue weighted by Crippen LogP contribution is -2.43. The highest BCUT2D eigenvalue weighted by Gasteiger charge is 2.12. The molecule has 1 saturated heterocycles. The van der Waals surface area contributed by atoms with Gasteiger partial charge < -0.3 is 5.32 Å². The van der Waals surface area contributed by atoms with Crippen molar-refractivity contribution in [3.63, 3.8) is 0 Å². The van der Waals surface area contributed by atoms with Gasteiger partial charge in [-0.25, -0.2) is 0 Å².